The van der Waals surface area contributed by atoms with Gasteiger partial charge in [-0.25, -0.2) is 0 Å². The summed E-state index contributed by atoms with van der Waals surface area (Å²) < 4.78 is 0. The number of rotatable bonds is 1. The first kappa shape index (κ1) is 10.8. The number of aliphatic hydroxyl groups is 1. The van der Waals surface area contributed by atoms with E-state index in [9.17, 15) is 5.11 Å². The van der Waals surface area contributed by atoms with E-state index in [0.717, 1.165) is 11.8 Å². The fourth-order valence-electron chi connectivity index (χ4n) is 5.35. The van der Waals surface area contributed by atoms with Crippen LogP contribution in [0.2, 0.25) is 0 Å². The fraction of sp³-hybridized carbons (Fsp3) is 0.867. The molecule has 1 nitrogen and oxygen atoms in total. The van der Waals surface area contributed by atoms with Crippen molar-refractivity contribution in [2.24, 2.45) is 28.6 Å². The van der Waals surface area contributed by atoms with Crippen molar-refractivity contribution in [2.45, 2.75) is 46.5 Å². The maximum atomic E-state index is 9.50. The molecule has 3 aliphatic rings. The molecule has 2 bridgehead atoms. The Balaban J connectivity index is 2.07. The Morgan fingerprint density at radius 1 is 1.38 bits per heavy atom. The van der Waals surface area contributed by atoms with Crippen molar-refractivity contribution in [3.63, 3.8) is 0 Å². The molecule has 90 valence electrons. The molecule has 0 aromatic heterocycles. The van der Waals surface area contributed by atoms with Gasteiger partial charge in [0.15, 0.2) is 0 Å². The van der Waals surface area contributed by atoms with Gasteiger partial charge in [-0.1, -0.05) is 26.8 Å². The van der Waals surface area contributed by atoms with E-state index in [1.165, 1.54) is 31.3 Å². The first-order valence-electron chi connectivity index (χ1n) is 6.82. The molecule has 0 heterocycles. The van der Waals surface area contributed by atoms with Crippen molar-refractivity contribution in [3.05, 3.63) is 11.6 Å². The lowest BCUT2D eigenvalue weighted by Crippen LogP contribution is -2.30. The van der Waals surface area contributed by atoms with Crippen LogP contribution < -0.4 is 0 Å². The summed E-state index contributed by atoms with van der Waals surface area (Å²) in [7, 11) is 0. The van der Waals surface area contributed by atoms with E-state index in [2.05, 4.69) is 26.8 Å². The summed E-state index contributed by atoms with van der Waals surface area (Å²) >= 11 is 0. The SMILES string of the molecule is C[C@H]1CCC2C(C)(C)C3C[C@@]21CC=C3CO. The van der Waals surface area contributed by atoms with Gasteiger partial charge in [0.1, 0.15) is 0 Å². The zero-order valence-corrected chi connectivity index (χ0v) is 10.8. The minimum Gasteiger partial charge on any atom is -0.392 e. The van der Waals surface area contributed by atoms with E-state index in [0.29, 0.717) is 16.7 Å². The summed E-state index contributed by atoms with van der Waals surface area (Å²) in [6.45, 7) is 7.62. The predicted molar refractivity (Wildman–Crippen MR) is 66.0 cm³/mol. The number of fused-ring (bicyclic) bond motifs is 1. The highest BCUT2D eigenvalue weighted by molar-refractivity contribution is 5.26. The highest BCUT2D eigenvalue weighted by atomic mass is 16.3. The maximum Gasteiger partial charge on any atom is 0.0644 e. The van der Waals surface area contributed by atoms with Crippen LogP contribution in [0, 0.1) is 28.6 Å². The molecule has 1 heteroatoms. The van der Waals surface area contributed by atoms with Gasteiger partial charge in [0.25, 0.3) is 0 Å². The van der Waals surface area contributed by atoms with Crippen molar-refractivity contribution in [1.29, 1.82) is 0 Å². The molecule has 0 amide bonds. The standard InChI is InChI=1S/C15H24O/c1-10-4-5-13-14(2,3)12-8-15(10,13)7-6-11(12)9-16/h6,10,12-13,16H,4-5,7-9H2,1-3H3/t10-,12?,13?,15+/m0/s1. The Hall–Kier alpha value is -0.300. The van der Waals surface area contributed by atoms with Gasteiger partial charge >= 0.3 is 0 Å². The van der Waals surface area contributed by atoms with Crippen LogP contribution in [0.3, 0.4) is 0 Å². The van der Waals surface area contributed by atoms with E-state index in [1.54, 1.807) is 0 Å². The third kappa shape index (κ3) is 1.06. The van der Waals surface area contributed by atoms with Gasteiger partial charge in [-0.3, -0.25) is 0 Å². The van der Waals surface area contributed by atoms with Crippen LogP contribution in [0.1, 0.15) is 46.5 Å². The van der Waals surface area contributed by atoms with E-state index in [-0.39, 0.29) is 6.61 Å². The van der Waals surface area contributed by atoms with Crippen LogP contribution in [-0.4, -0.2) is 11.7 Å². The summed E-state index contributed by atoms with van der Waals surface area (Å²) in [6.07, 6.45) is 7.78. The average Bonchev–Trinajstić information content (AvgIpc) is 2.65. The summed E-state index contributed by atoms with van der Waals surface area (Å²) in [5, 5.41) is 9.50. The molecule has 1 spiro atoms. The Bertz CT molecular complexity index is 341. The molecule has 3 aliphatic carbocycles. The highest BCUT2D eigenvalue weighted by Gasteiger charge is 2.63. The molecule has 4 atom stereocenters. The second-order valence-corrected chi connectivity index (χ2v) is 6.98. The molecule has 2 saturated carbocycles. The van der Waals surface area contributed by atoms with Crippen LogP contribution in [0.5, 0.6) is 0 Å². The number of hydrogen-bond acceptors (Lipinski definition) is 1. The molecule has 0 aromatic rings. The van der Waals surface area contributed by atoms with Crippen molar-refractivity contribution in [3.8, 4) is 0 Å². The van der Waals surface area contributed by atoms with Crippen molar-refractivity contribution < 1.29 is 5.11 Å². The Kier molecular flexibility index (Phi) is 2.12. The topological polar surface area (TPSA) is 20.2 Å². The van der Waals surface area contributed by atoms with Gasteiger partial charge in [-0.05, 0) is 59.8 Å². The quantitative estimate of drug-likeness (QED) is 0.672. The summed E-state index contributed by atoms with van der Waals surface area (Å²) in [6, 6.07) is 0. The summed E-state index contributed by atoms with van der Waals surface area (Å²) in [5.41, 5.74) is 2.33. The molecule has 0 aromatic carbocycles. The van der Waals surface area contributed by atoms with Crippen molar-refractivity contribution in [1.82, 2.24) is 0 Å². The lowest BCUT2D eigenvalue weighted by molar-refractivity contribution is 0.128. The lowest BCUT2D eigenvalue weighted by Gasteiger charge is -2.36. The monoisotopic (exact) mass is 220 g/mol. The fourth-order valence-corrected chi connectivity index (χ4v) is 5.35. The molecule has 0 saturated heterocycles. The van der Waals surface area contributed by atoms with Crippen LogP contribution in [0.4, 0.5) is 0 Å². The Morgan fingerprint density at radius 2 is 2.12 bits per heavy atom. The number of allylic oxidation sites excluding steroid dienone is 1. The van der Waals surface area contributed by atoms with Crippen LogP contribution in [0.15, 0.2) is 11.6 Å². The maximum absolute atomic E-state index is 9.50. The van der Waals surface area contributed by atoms with Gasteiger partial charge < -0.3 is 5.11 Å². The Labute approximate surface area is 98.9 Å². The number of hydrogen-bond donors (Lipinski definition) is 1. The summed E-state index contributed by atoms with van der Waals surface area (Å²) in [5.74, 6) is 2.43. The predicted octanol–water partition coefficient (Wildman–Crippen LogP) is 3.39. The van der Waals surface area contributed by atoms with E-state index >= 15 is 0 Å². The third-order valence-corrected chi connectivity index (χ3v) is 6.32. The largest absolute Gasteiger partial charge is 0.392 e. The van der Waals surface area contributed by atoms with Crippen LogP contribution in [-0.2, 0) is 0 Å². The van der Waals surface area contributed by atoms with E-state index in [4.69, 9.17) is 0 Å². The van der Waals surface area contributed by atoms with Gasteiger partial charge in [0.2, 0.25) is 0 Å². The molecule has 2 fully saturated rings. The molecule has 3 rings (SSSR count). The van der Waals surface area contributed by atoms with Gasteiger partial charge in [0.05, 0.1) is 6.61 Å². The van der Waals surface area contributed by atoms with Crippen LogP contribution in [0.25, 0.3) is 0 Å². The van der Waals surface area contributed by atoms with Gasteiger partial charge in [-0.2, -0.15) is 0 Å². The second-order valence-electron chi connectivity index (χ2n) is 6.98. The van der Waals surface area contributed by atoms with Gasteiger partial charge in [0, 0.05) is 0 Å². The highest BCUT2D eigenvalue weighted by Crippen LogP contribution is 2.71. The minimum atomic E-state index is 0.283. The van der Waals surface area contributed by atoms with E-state index in [1.807, 2.05) is 0 Å². The molecule has 2 unspecified atom stereocenters. The second kappa shape index (κ2) is 3.13. The van der Waals surface area contributed by atoms with Gasteiger partial charge in [-0.15, -0.1) is 0 Å². The lowest BCUT2D eigenvalue weighted by atomic mass is 9.68. The average molecular weight is 220 g/mol. The zero-order valence-electron chi connectivity index (χ0n) is 10.8. The molecule has 1 N–H and O–H groups in total. The Morgan fingerprint density at radius 3 is 2.81 bits per heavy atom. The molecular weight excluding hydrogens is 196 g/mol. The third-order valence-electron chi connectivity index (χ3n) is 6.32. The summed E-state index contributed by atoms with van der Waals surface area (Å²) in [4.78, 5) is 0. The molecule has 0 radical (unpaired) electrons. The first-order valence-corrected chi connectivity index (χ1v) is 6.82. The molecule has 0 aliphatic heterocycles. The normalized spacial score (nSPS) is 49.0. The van der Waals surface area contributed by atoms with E-state index < -0.39 is 0 Å². The van der Waals surface area contributed by atoms with Crippen LogP contribution >= 0.6 is 0 Å². The smallest absolute Gasteiger partial charge is 0.0644 e. The first-order chi connectivity index (χ1) is 7.52. The zero-order chi connectivity index (χ0) is 11.6. The molecule has 16 heavy (non-hydrogen) atoms. The minimum absolute atomic E-state index is 0.283. The van der Waals surface area contributed by atoms with Crippen molar-refractivity contribution in [2.75, 3.05) is 6.61 Å². The number of aliphatic hydroxyl groups excluding tert-OH is 1. The molecular formula is C15H24O. The van der Waals surface area contributed by atoms with Crippen molar-refractivity contribution >= 4 is 0 Å².